The van der Waals surface area contributed by atoms with Crippen LogP contribution in [0.15, 0.2) is 60.0 Å². The lowest BCUT2D eigenvalue weighted by Gasteiger charge is -2.06. The van der Waals surface area contributed by atoms with E-state index in [0.717, 1.165) is 25.8 Å². The SMILES string of the molecule is COc1cccc(C(=O)Nc2sccc2-c2nc3ccccc3s2)c1. The maximum atomic E-state index is 12.6. The molecule has 0 aliphatic carbocycles. The molecule has 0 saturated carbocycles. The largest absolute Gasteiger partial charge is 0.497 e. The average Bonchev–Trinajstić information content (AvgIpc) is 3.27. The van der Waals surface area contributed by atoms with E-state index in [1.54, 1.807) is 36.6 Å². The minimum absolute atomic E-state index is 0.163. The molecule has 4 rings (SSSR count). The summed E-state index contributed by atoms with van der Waals surface area (Å²) in [5.41, 5.74) is 2.48. The molecule has 4 aromatic rings. The maximum absolute atomic E-state index is 12.6. The van der Waals surface area contributed by atoms with Crippen LogP contribution in [0.3, 0.4) is 0 Å². The van der Waals surface area contributed by atoms with Gasteiger partial charge in [0.2, 0.25) is 0 Å². The first-order valence-electron chi connectivity index (χ1n) is 7.63. The molecule has 2 heterocycles. The second kappa shape index (κ2) is 6.66. The highest BCUT2D eigenvalue weighted by Crippen LogP contribution is 2.37. The van der Waals surface area contributed by atoms with Crippen LogP contribution < -0.4 is 10.1 Å². The molecule has 0 aliphatic heterocycles. The van der Waals surface area contributed by atoms with E-state index < -0.39 is 0 Å². The lowest BCUT2D eigenvalue weighted by molar-refractivity contribution is 0.102. The molecule has 6 heteroatoms. The molecular formula is C19H14N2O2S2. The second-order valence-electron chi connectivity index (χ2n) is 5.34. The Balaban J connectivity index is 1.64. The van der Waals surface area contributed by atoms with Crippen molar-refractivity contribution in [1.82, 2.24) is 4.98 Å². The Hall–Kier alpha value is -2.70. The number of rotatable bonds is 4. The van der Waals surface area contributed by atoms with Crippen LogP contribution in [0.5, 0.6) is 5.75 Å². The summed E-state index contributed by atoms with van der Waals surface area (Å²) < 4.78 is 6.31. The van der Waals surface area contributed by atoms with Crippen molar-refractivity contribution in [3.63, 3.8) is 0 Å². The fraction of sp³-hybridized carbons (Fsp3) is 0.0526. The zero-order chi connectivity index (χ0) is 17.2. The van der Waals surface area contributed by atoms with Gasteiger partial charge in [0.15, 0.2) is 0 Å². The number of para-hydroxylation sites is 1. The van der Waals surface area contributed by atoms with Crippen molar-refractivity contribution in [2.45, 2.75) is 0 Å². The van der Waals surface area contributed by atoms with Gasteiger partial charge in [0, 0.05) is 11.1 Å². The molecule has 0 bridgehead atoms. The number of methoxy groups -OCH3 is 1. The van der Waals surface area contributed by atoms with E-state index in [0.29, 0.717) is 11.3 Å². The van der Waals surface area contributed by atoms with E-state index in [1.165, 1.54) is 11.3 Å². The third-order valence-electron chi connectivity index (χ3n) is 3.75. The van der Waals surface area contributed by atoms with Crippen LogP contribution in [0.1, 0.15) is 10.4 Å². The number of fused-ring (bicyclic) bond motifs is 1. The van der Waals surface area contributed by atoms with Crippen LogP contribution in [-0.4, -0.2) is 18.0 Å². The molecule has 0 spiro atoms. The first kappa shape index (κ1) is 15.8. The summed E-state index contributed by atoms with van der Waals surface area (Å²) in [4.78, 5) is 17.2. The van der Waals surface area contributed by atoms with Gasteiger partial charge in [-0.1, -0.05) is 18.2 Å². The molecule has 0 atom stereocenters. The highest BCUT2D eigenvalue weighted by molar-refractivity contribution is 7.22. The van der Waals surface area contributed by atoms with Crippen LogP contribution >= 0.6 is 22.7 Å². The Labute approximate surface area is 152 Å². The monoisotopic (exact) mass is 366 g/mol. The van der Waals surface area contributed by atoms with Gasteiger partial charge in [0.25, 0.3) is 5.91 Å². The lowest BCUT2D eigenvalue weighted by atomic mass is 10.2. The lowest BCUT2D eigenvalue weighted by Crippen LogP contribution is -2.11. The smallest absolute Gasteiger partial charge is 0.256 e. The average molecular weight is 366 g/mol. The molecule has 0 unspecified atom stereocenters. The molecule has 25 heavy (non-hydrogen) atoms. The van der Waals surface area contributed by atoms with Crippen LogP contribution in [0.4, 0.5) is 5.00 Å². The van der Waals surface area contributed by atoms with E-state index in [-0.39, 0.29) is 5.91 Å². The third kappa shape index (κ3) is 3.14. The molecule has 1 N–H and O–H groups in total. The van der Waals surface area contributed by atoms with Gasteiger partial charge >= 0.3 is 0 Å². The molecule has 2 aromatic heterocycles. The van der Waals surface area contributed by atoms with Gasteiger partial charge in [-0.05, 0) is 41.8 Å². The summed E-state index contributed by atoms with van der Waals surface area (Å²) in [5, 5.41) is 6.66. The van der Waals surface area contributed by atoms with Crippen LogP contribution in [-0.2, 0) is 0 Å². The number of amides is 1. The summed E-state index contributed by atoms with van der Waals surface area (Å²) in [7, 11) is 1.58. The summed E-state index contributed by atoms with van der Waals surface area (Å²) >= 11 is 3.11. The quantitative estimate of drug-likeness (QED) is 0.534. The molecule has 124 valence electrons. The highest BCUT2D eigenvalue weighted by Gasteiger charge is 2.15. The zero-order valence-electron chi connectivity index (χ0n) is 13.4. The standard InChI is InChI=1S/C19H14N2O2S2/c1-23-13-6-4-5-12(11-13)17(22)21-18-14(9-10-24-18)19-20-15-7-2-3-8-16(15)25-19/h2-11H,1H3,(H,21,22). The summed E-state index contributed by atoms with van der Waals surface area (Å²) in [6.07, 6.45) is 0. The normalized spacial score (nSPS) is 10.8. The highest BCUT2D eigenvalue weighted by atomic mass is 32.1. The van der Waals surface area contributed by atoms with E-state index in [9.17, 15) is 4.79 Å². The number of hydrogen-bond acceptors (Lipinski definition) is 5. The number of anilines is 1. The number of aromatic nitrogens is 1. The van der Waals surface area contributed by atoms with Crippen molar-refractivity contribution < 1.29 is 9.53 Å². The Bertz CT molecular complexity index is 1020. The van der Waals surface area contributed by atoms with Crippen LogP contribution in [0.25, 0.3) is 20.8 Å². The summed E-state index contributed by atoms with van der Waals surface area (Å²) in [6.45, 7) is 0. The Morgan fingerprint density at radius 2 is 2.00 bits per heavy atom. The number of carbonyl (C=O) groups excluding carboxylic acids is 1. The van der Waals surface area contributed by atoms with Crippen LogP contribution in [0, 0.1) is 0 Å². The van der Waals surface area contributed by atoms with Crippen molar-refractivity contribution in [3.8, 4) is 16.3 Å². The molecule has 0 saturated heterocycles. The minimum Gasteiger partial charge on any atom is -0.497 e. The Morgan fingerprint density at radius 3 is 2.84 bits per heavy atom. The number of hydrogen-bond donors (Lipinski definition) is 1. The van der Waals surface area contributed by atoms with Crippen LogP contribution in [0.2, 0.25) is 0 Å². The van der Waals surface area contributed by atoms with Crippen molar-refractivity contribution in [2.24, 2.45) is 0 Å². The third-order valence-corrected chi connectivity index (χ3v) is 5.65. The molecule has 0 radical (unpaired) electrons. The topological polar surface area (TPSA) is 51.2 Å². The van der Waals surface area contributed by atoms with Gasteiger partial charge in [-0.15, -0.1) is 22.7 Å². The Kier molecular flexibility index (Phi) is 4.21. The van der Waals surface area contributed by atoms with Gasteiger partial charge in [-0.25, -0.2) is 4.98 Å². The van der Waals surface area contributed by atoms with Crippen molar-refractivity contribution in [2.75, 3.05) is 12.4 Å². The van der Waals surface area contributed by atoms with E-state index in [2.05, 4.69) is 16.4 Å². The molecule has 4 nitrogen and oxygen atoms in total. The first-order chi connectivity index (χ1) is 12.2. The predicted molar refractivity (Wildman–Crippen MR) is 104 cm³/mol. The van der Waals surface area contributed by atoms with Gasteiger partial charge < -0.3 is 10.1 Å². The number of carbonyl (C=O) groups is 1. The first-order valence-corrected chi connectivity index (χ1v) is 9.33. The predicted octanol–water partition coefficient (Wildman–Crippen LogP) is 5.29. The minimum atomic E-state index is -0.163. The number of thiazole rings is 1. The van der Waals surface area contributed by atoms with Crippen molar-refractivity contribution in [1.29, 1.82) is 0 Å². The van der Waals surface area contributed by atoms with Gasteiger partial charge in [0.05, 0.1) is 17.3 Å². The maximum Gasteiger partial charge on any atom is 0.256 e. The molecular weight excluding hydrogens is 352 g/mol. The fourth-order valence-electron chi connectivity index (χ4n) is 2.50. The zero-order valence-corrected chi connectivity index (χ0v) is 15.0. The van der Waals surface area contributed by atoms with E-state index in [4.69, 9.17) is 4.74 Å². The molecule has 0 fully saturated rings. The molecule has 2 aromatic carbocycles. The molecule has 1 amide bonds. The Morgan fingerprint density at radius 1 is 1.12 bits per heavy atom. The fourth-order valence-corrected chi connectivity index (χ4v) is 4.35. The van der Waals surface area contributed by atoms with Crippen molar-refractivity contribution >= 4 is 43.8 Å². The number of nitrogens with one attached hydrogen (secondary N) is 1. The van der Waals surface area contributed by atoms with Gasteiger partial charge in [0.1, 0.15) is 15.8 Å². The van der Waals surface area contributed by atoms with Crippen molar-refractivity contribution in [3.05, 3.63) is 65.5 Å². The number of benzene rings is 2. The van der Waals surface area contributed by atoms with Gasteiger partial charge in [-0.3, -0.25) is 4.79 Å². The summed E-state index contributed by atoms with van der Waals surface area (Å²) in [6, 6.07) is 17.1. The molecule has 0 aliphatic rings. The van der Waals surface area contributed by atoms with E-state index >= 15 is 0 Å². The van der Waals surface area contributed by atoms with E-state index in [1.807, 2.05) is 35.7 Å². The number of thiophene rings is 1. The summed E-state index contributed by atoms with van der Waals surface area (Å²) in [5.74, 6) is 0.494. The van der Waals surface area contributed by atoms with Gasteiger partial charge in [-0.2, -0.15) is 0 Å². The number of ether oxygens (including phenoxy) is 1. The second-order valence-corrected chi connectivity index (χ2v) is 7.28. The number of nitrogens with zero attached hydrogens (tertiary/aromatic N) is 1.